The van der Waals surface area contributed by atoms with Crippen molar-refractivity contribution in [2.24, 2.45) is 16.8 Å². The van der Waals surface area contributed by atoms with Gasteiger partial charge in [0.05, 0.1) is 0 Å². The van der Waals surface area contributed by atoms with Gasteiger partial charge in [0, 0.05) is 29.4 Å². The number of nitrogens with one attached hydrogen (secondary N) is 1. The smallest absolute Gasteiger partial charge is 0.254 e. The molecule has 6 heteroatoms. The quantitative estimate of drug-likeness (QED) is 0.803. The van der Waals surface area contributed by atoms with Crippen LogP contribution in [0.4, 0.5) is 11.9 Å². The van der Waals surface area contributed by atoms with E-state index < -0.39 is 0 Å². The number of rotatable bonds is 6. The molecular formula is C19H22N6. The van der Waals surface area contributed by atoms with E-state index in [1.807, 2.05) is 19.1 Å². The molecule has 6 nitrogen and oxygen atoms in total. The van der Waals surface area contributed by atoms with Gasteiger partial charge in [-0.3, -0.25) is 4.98 Å². The van der Waals surface area contributed by atoms with E-state index in [1.165, 1.54) is 25.7 Å². The van der Waals surface area contributed by atoms with Crippen LogP contribution in [-0.4, -0.2) is 25.6 Å². The van der Waals surface area contributed by atoms with Crippen molar-refractivity contribution in [3.8, 4) is 11.4 Å². The van der Waals surface area contributed by atoms with Crippen molar-refractivity contribution in [1.82, 2.24) is 19.9 Å². The Kier molecular flexibility index (Phi) is 4.26. The Morgan fingerprint density at radius 1 is 1.16 bits per heavy atom. The summed E-state index contributed by atoms with van der Waals surface area (Å²) in [6.07, 6.45) is 10.7. The van der Waals surface area contributed by atoms with Gasteiger partial charge in [-0.2, -0.15) is 15.0 Å². The van der Waals surface area contributed by atoms with Gasteiger partial charge in [-0.25, -0.2) is 4.99 Å². The van der Waals surface area contributed by atoms with E-state index in [-0.39, 0.29) is 0 Å². The van der Waals surface area contributed by atoms with Gasteiger partial charge in [0.2, 0.25) is 5.95 Å². The number of nitrogens with zero attached hydrogens (tertiary/aromatic N) is 5. The summed E-state index contributed by atoms with van der Waals surface area (Å²) in [5, 5.41) is 3.29. The van der Waals surface area contributed by atoms with Crippen LogP contribution in [0.1, 0.15) is 39.5 Å². The highest BCUT2D eigenvalue weighted by Gasteiger charge is 2.25. The zero-order valence-electron chi connectivity index (χ0n) is 14.6. The molecule has 0 unspecified atom stereocenters. The third-order valence-electron chi connectivity index (χ3n) is 4.40. The van der Waals surface area contributed by atoms with Crippen LogP contribution >= 0.6 is 0 Å². The molecule has 128 valence electrons. The fourth-order valence-electron chi connectivity index (χ4n) is 2.68. The second kappa shape index (κ2) is 6.70. The van der Waals surface area contributed by atoms with Gasteiger partial charge in [0.1, 0.15) is 0 Å². The Morgan fingerprint density at radius 3 is 2.68 bits per heavy atom. The SMILES string of the molecule is CC(=CC1CC1)Nc1nc(N=C(C)C2CC2)nc(-c2cccnc2)n1. The molecule has 0 bridgehead atoms. The van der Waals surface area contributed by atoms with Gasteiger partial charge in [-0.1, -0.05) is 6.08 Å². The zero-order valence-corrected chi connectivity index (χ0v) is 14.6. The molecule has 2 aliphatic carbocycles. The van der Waals surface area contributed by atoms with E-state index in [0.29, 0.717) is 29.6 Å². The van der Waals surface area contributed by atoms with E-state index in [9.17, 15) is 0 Å². The predicted molar refractivity (Wildman–Crippen MR) is 98.7 cm³/mol. The summed E-state index contributed by atoms with van der Waals surface area (Å²) in [6.45, 7) is 4.10. The van der Waals surface area contributed by atoms with Gasteiger partial charge in [0.15, 0.2) is 5.82 Å². The number of aliphatic imine (C=N–C) groups is 1. The van der Waals surface area contributed by atoms with Crippen molar-refractivity contribution < 1.29 is 0 Å². The lowest BCUT2D eigenvalue weighted by Gasteiger charge is -2.08. The topological polar surface area (TPSA) is 76.0 Å². The van der Waals surface area contributed by atoms with Crippen molar-refractivity contribution in [2.75, 3.05) is 5.32 Å². The molecule has 0 saturated heterocycles. The number of hydrogen-bond acceptors (Lipinski definition) is 6. The Bertz CT molecular complexity index is 819. The fourth-order valence-corrected chi connectivity index (χ4v) is 2.68. The first-order chi connectivity index (χ1) is 12.2. The van der Waals surface area contributed by atoms with Crippen molar-refractivity contribution in [3.63, 3.8) is 0 Å². The van der Waals surface area contributed by atoms with Gasteiger partial charge >= 0.3 is 0 Å². The molecule has 2 saturated carbocycles. The summed E-state index contributed by atoms with van der Waals surface area (Å²) in [6, 6.07) is 3.82. The van der Waals surface area contributed by atoms with Crippen LogP contribution in [-0.2, 0) is 0 Å². The van der Waals surface area contributed by atoms with Crippen LogP contribution in [0.3, 0.4) is 0 Å². The minimum atomic E-state index is 0.458. The summed E-state index contributed by atoms with van der Waals surface area (Å²) in [4.78, 5) is 22.4. The third kappa shape index (κ3) is 4.26. The summed E-state index contributed by atoms with van der Waals surface area (Å²) in [5.74, 6) is 2.87. The molecule has 0 atom stereocenters. The molecule has 4 rings (SSSR count). The third-order valence-corrected chi connectivity index (χ3v) is 4.40. The van der Waals surface area contributed by atoms with Crippen LogP contribution in [0.15, 0.2) is 41.3 Å². The second-order valence-electron chi connectivity index (χ2n) is 6.86. The average molecular weight is 334 g/mol. The van der Waals surface area contributed by atoms with E-state index in [2.05, 4.69) is 43.2 Å². The molecule has 2 aromatic heterocycles. The lowest BCUT2D eigenvalue weighted by atomic mass is 10.3. The molecule has 2 fully saturated rings. The minimum Gasteiger partial charge on any atom is -0.328 e. The summed E-state index contributed by atoms with van der Waals surface area (Å²) in [5.41, 5.74) is 3.02. The highest BCUT2D eigenvalue weighted by atomic mass is 15.2. The predicted octanol–water partition coefficient (Wildman–Crippen LogP) is 4.16. The van der Waals surface area contributed by atoms with E-state index in [0.717, 1.165) is 17.0 Å². The molecule has 0 spiro atoms. The summed E-state index contributed by atoms with van der Waals surface area (Å²) in [7, 11) is 0. The summed E-state index contributed by atoms with van der Waals surface area (Å²) < 4.78 is 0. The van der Waals surface area contributed by atoms with Gasteiger partial charge in [0.25, 0.3) is 5.95 Å². The Morgan fingerprint density at radius 2 is 2.00 bits per heavy atom. The molecule has 2 aliphatic rings. The standard InChI is InChI=1S/C19H22N6/c1-12(10-14-5-6-14)21-18-23-17(16-4-3-9-20-11-16)24-19(25-18)22-13(2)15-7-8-15/h3-4,9-11,14-15H,5-8H2,1-2H3,(H,21,23,24,25). The van der Waals surface area contributed by atoms with Crippen LogP contribution < -0.4 is 5.32 Å². The monoisotopic (exact) mass is 334 g/mol. The lowest BCUT2D eigenvalue weighted by molar-refractivity contribution is 1.02. The van der Waals surface area contributed by atoms with Crippen LogP contribution in [0.5, 0.6) is 0 Å². The Hall–Kier alpha value is -2.63. The van der Waals surface area contributed by atoms with Gasteiger partial charge in [-0.15, -0.1) is 0 Å². The van der Waals surface area contributed by atoms with Crippen LogP contribution in [0.2, 0.25) is 0 Å². The van der Waals surface area contributed by atoms with Crippen LogP contribution in [0, 0.1) is 11.8 Å². The maximum Gasteiger partial charge on any atom is 0.254 e. The molecule has 0 aromatic carbocycles. The molecule has 0 amide bonds. The van der Waals surface area contributed by atoms with Crippen molar-refractivity contribution in [2.45, 2.75) is 39.5 Å². The van der Waals surface area contributed by atoms with E-state index in [1.54, 1.807) is 12.4 Å². The minimum absolute atomic E-state index is 0.458. The first-order valence-electron chi connectivity index (χ1n) is 8.84. The molecule has 1 N–H and O–H groups in total. The Labute approximate surface area is 147 Å². The Balaban J connectivity index is 1.67. The number of hydrogen-bond donors (Lipinski definition) is 1. The molecular weight excluding hydrogens is 312 g/mol. The maximum atomic E-state index is 4.62. The van der Waals surface area contributed by atoms with Crippen molar-refractivity contribution >= 4 is 17.6 Å². The first-order valence-corrected chi connectivity index (χ1v) is 8.84. The normalized spacial score (nSPS) is 18.3. The van der Waals surface area contributed by atoms with E-state index >= 15 is 0 Å². The maximum absolute atomic E-state index is 4.62. The largest absolute Gasteiger partial charge is 0.328 e. The number of anilines is 1. The molecule has 2 heterocycles. The molecule has 0 radical (unpaired) electrons. The number of allylic oxidation sites excluding steroid dienone is 2. The lowest BCUT2D eigenvalue weighted by Crippen LogP contribution is -2.05. The van der Waals surface area contributed by atoms with E-state index in [4.69, 9.17) is 0 Å². The second-order valence-corrected chi connectivity index (χ2v) is 6.86. The van der Waals surface area contributed by atoms with Crippen molar-refractivity contribution in [3.05, 3.63) is 36.3 Å². The van der Waals surface area contributed by atoms with Gasteiger partial charge in [-0.05, 0) is 63.5 Å². The number of pyridine rings is 1. The average Bonchev–Trinajstić information content (AvgIpc) is 3.49. The van der Waals surface area contributed by atoms with Crippen molar-refractivity contribution in [1.29, 1.82) is 0 Å². The number of aromatic nitrogens is 4. The first kappa shape index (κ1) is 15.9. The van der Waals surface area contributed by atoms with Crippen LogP contribution in [0.25, 0.3) is 11.4 Å². The highest BCUT2D eigenvalue weighted by Crippen LogP contribution is 2.32. The molecule has 2 aromatic rings. The van der Waals surface area contributed by atoms with Gasteiger partial charge < -0.3 is 5.32 Å². The fraction of sp³-hybridized carbons (Fsp3) is 0.421. The molecule has 25 heavy (non-hydrogen) atoms. The molecule has 0 aliphatic heterocycles. The zero-order chi connectivity index (χ0) is 17.2. The summed E-state index contributed by atoms with van der Waals surface area (Å²) >= 11 is 0. The highest BCUT2D eigenvalue weighted by molar-refractivity contribution is 5.88.